The molecule has 5 heteroatoms. The lowest BCUT2D eigenvalue weighted by molar-refractivity contribution is 0.242. The Hall–Kier alpha value is -1.46. The van der Waals surface area contributed by atoms with Gasteiger partial charge in [-0.25, -0.2) is 0 Å². The lowest BCUT2D eigenvalue weighted by Crippen LogP contribution is -2.05. The molecule has 0 saturated heterocycles. The van der Waals surface area contributed by atoms with Crippen LogP contribution in [-0.4, -0.2) is 16.3 Å². The van der Waals surface area contributed by atoms with Gasteiger partial charge in [-0.1, -0.05) is 23.5 Å². The number of hydrogen-bond donors (Lipinski definition) is 1. The molecule has 0 bridgehead atoms. The fraction of sp³-hybridized carbons (Fsp3) is 0.385. The predicted molar refractivity (Wildman–Crippen MR) is 73.7 cm³/mol. The highest BCUT2D eigenvalue weighted by molar-refractivity contribution is 7.14. The van der Waals surface area contributed by atoms with E-state index in [0.29, 0.717) is 0 Å². The standard InChI is InChI=1S/C13H17N3OS/c1-8(2)17-11-6-4-5-10(7-11)13-16-15-12(18-13)9(3)14/h4-9H,14H2,1-3H3. The summed E-state index contributed by atoms with van der Waals surface area (Å²) in [6.45, 7) is 5.92. The van der Waals surface area contributed by atoms with Gasteiger partial charge in [0.05, 0.1) is 12.1 Å². The van der Waals surface area contributed by atoms with Crippen molar-refractivity contribution in [3.8, 4) is 16.3 Å². The molecule has 96 valence electrons. The summed E-state index contributed by atoms with van der Waals surface area (Å²) < 4.78 is 5.66. The predicted octanol–water partition coefficient (Wildman–Crippen LogP) is 3.01. The fourth-order valence-electron chi connectivity index (χ4n) is 1.51. The quantitative estimate of drug-likeness (QED) is 0.921. The summed E-state index contributed by atoms with van der Waals surface area (Å²) in [5, 5.41) is 9.97. The Morgan fingerprint density at radius 2 is 2.00 bits per heavy atom. The van der Waals surface area contributed by atoms with Crippen molar-refractivity contribution in [3.05, 3.63) is 29.3 Å². The lowest BCUT2D eigenvalue weighted by atomic mass is 10.2. The third kappa shape index (κ3) is 3.05. The van der Waals surface area contributed by atoms with Crippen LogP contribution in [-0.2, 0) is 0 Å². The van der Waals surface area contributed by atoms with Crippen LogP contribution in [0.5, 0.6) is 5.75 Å². The molecule has 2 aromatic rings. The van der Waals surface area contributed by atoms with Crippen LogP contribution in [0.2, 0.25) is 0 Å². The molecule has 4 nitrogen and oxygen atoms in total. The number of nitrogens with zero attached hydrogens (tertiary/aromatic N) is 2. The second-order valence-corrected chi connectivity index (χ2v) is 5.44. The Labute approximate surface area is 111 Å². The maximum atomic E-state index is 5.78. The molecule has 0 aliphatic carbocycles. The van der Waals surface area contributed by atoms with Crippen molar-refractivity contribution in [2.45, 2.75) is 32.9 Å². The Bertz CT molecular complexity index is 522. The van der Waals surface area contributed by atoms with E-state index in [2.05, 4.69) is 10.2 Å². The number of benzene rings is 1. The average Bonchev–Trinajstić information content (AvgIpc) is 2.77. The molecule has 0 amide bonds. The molecule has 2 rings (SSSR count). The van der Waals surface area contributed by atoms with Crippen LogP contribution < -0.4 is 10.5 Å². The van der Waals surface area contributed by atoms with E-state index in [-0.39, 0.29) is 12.1 Å². The molecule has 0 fully saturated rings. The molecule has 0 spiro atoms. The van der Waals surface area contributed by atoms with E-state index >= 15 is 0 Å². The maximum Gasteiger partial charge on any atom is 0.147 e. The zero-order valence-electron chi connectivity index (χ0n) is 10.8. The second kappa shape index (κ2) is 5.46. The summed E-state index contributed by atoms with van der Waals surface area (Å²) in [4.78, 5) is 0. The summed E-state index contributed by atoms with van der Waals surface area (Å²) in [5.74, 6) is 0.847. The van der Waals surface area contributed by atoms with Gasteiger partial charge < -0.3 is 10.5 Å². The van der Waals surface area contributed by atoms with Crippen LogP contribution in [0.1, 0.15) is 31.8 Å². The molecule has 0 aliphatic heterocycles. The van der Waals surface area contributed by atoms with Crippen molar-refractivity contribution in [2.75, 3.05) is 0 Å². The summed E-state index contributed by atoms with van der Waals surface area (Å²) >= 11 is 1.52. The van der Waals surface area contributed by atoms with E-state index in [1.807, 2.05) is 45.0 Å². The zero-order valence-corrected chi connectivity index (χ0v) is 11.6. The molecular weight excluding hydrogens is 246 g/mol. The van der Waals surface area contributed by atoms with E-state index in [1.165, 1.54) is 11.3 Å². The van der Waals surface area contributed by atoms with Gasteiger partial charge in [0.2, 0.25) is 0 Å². The monoisotopic (exact) mass is 263 g/mol. The van der Waals surface area contributed by atoms with Gasteiger partial charge in [0.15, 0.2) is 0 Å². The number of ether oxygens (including phenoxy) is 1. The first-order valence-corrected chi connectivity index (χ1v) is 6.74. The Morgan fingerprint density at radius 3 is 2.61 bits per heavy atom. The van der Waals surface area contributed by atoms with Gasteiger partial charge in [-0.05, 0) is 32.9 Å². The third-order valence-electron chi connectivity index (χ3n) is 2.28. The van der Waals surface area contributed by atoms with Gasteiger partial charge in [-0.2, -0.15) is 0 Å². The van der Waals surface area contributed by atoms with Crippen LogP contribution in [0.15, 0.2) is 24.3 Å². The van der Waals surface area contributed by atoms with Crippen LogP contribution in [0.25, 0.3) is 10.6 Å². The van der Waals surface area contributed by atoms with E-state index in [4.69, 9.17) is 10.5 Å². The molecule has 0 radical (unpaired) electrons. The molecule has 18 heavy (non-hydrogen) atoms. The molecule has 1 heterocycles. The van der Waals surface area contributed by atoms with Crippen molar-refractivity contribution in [1.29, 1.82) is 0 Å². The molecule has 1 aromatic heterocycles. The molecule has 1 unspecified atom stereocenters. The smallest absolute Gasteiger partial charge is 0.147 e. The van der Waals surface area contributed by atoms with Crippen molar-refractivity contribution >= 4 is 11.3 Å². The first-order valence-electron chi connectivity index (χ1n) is 5.92. The lowest BCUT2D eigenvalue weighted by Gasteiger charge is -2.09. The van der Waals surface area contributed by atoms with Crippen molar-refractivity contribution in [3.63, 3.8) is 0 Å². The molecule has 2 N–H and O–H groups in total. The fourth-order valence-corrected chi connectivity index (χ4v) is 2.30. The van der Waals surface area contributed by atoms with E-state index in [1.54, 1.807) is 0 Å². The van der Waals surface area contributed by atoms with E-state index in [9.17, 15) is 0 Å². The van der Waals surface area contributed by atoms with E-state index < -0.39 is 0 Å². The highest BCUT2D eigenvalue weighted by Crippen LogP contribution is 2.28. The highest BCUT2D eigenvalue weighted by Gasteiger charge is 2.10. The minimum Gasteiger partial charge on any atom is -0.491 e. The summed E-state index contributed by atoms with van der Waals surface area (Å²) in [5.41, 5.74) is 6.80. The Morgan fingerprint density at radius 1 is 1.22 bits per heavy atom. The third-order valence-corrected chi connectivity index (χ3v) is 3.46. The van der Waals surface area contributed by atoms with Gasteiger partial charge in [-0.3, -0.25) is 0 Å². The van der Waals surface area contributed by atoms with Crippen LogP contribution >= 0.6 is 11.3 Å². The van der Waals surface area contributed by atoms with Crippen molar-refractivity contribution in [1.82, 2.24) is 10.2 Å². The number of hydrogen-bond acceptors (Lipinski definition) is 5. The SMILES string of the molecule is CC(C)Oc1cccc(-c2nnc(C(C)N)s2)c1. The largest absolute Gasteiger partial charge is 0.491 e. The Balaban J connectivity index is 2.26. The van der Waals surface area contributed by atoms with Crippen molar-refractivity contribution < 1.29 is 4.74 Å². The van der Waals surface area contributed by atoms with Gasteiger partial charge in [-0.15, -0.1) is 10.2 Å². The number of nitrogens with two attached hydrogens (primary N) is 1. The Kier molecular flexibility index (Phi) is 3.93. The molecular formula is C13H17N3OS. The zero-order chi connectivity index (χ0) is 13.1. The maximum absolute atomic E-state index is 5.78. The minimum atomic E-state index is -0.0775. The van der Waals surface area contributed by atoms with Crippen LogP contribution in [0.4, 0.5) is 0 Å². The van der Waals surface area contributed by atoms with Crippen LogP contribution in [0, 0.1) is 0 Å². The minimum absolute atomic E-state index is 0.0775. The van der Waals surface area contributed by atoms with Gasteiger partial charge in [0.1, 0.15) is 15.8 Å². The van der Waals surface area contributed by atoms with Crippen LogP contribution in [0.3, 0.4) is 0 Å². The first kappa shape index (κ1) is 13.0. The summed E-state index contributed by atoms with van der Waals surface area (Å²) in [6.07, 6.45) is 0.161. The van der Waals surface area contributed by atoms with Gasteiger partial charge in [0, 0.05) is 5.56 Å². The summed E-state index contributed by atoms with van der Waals surface area (Å²) in [7, 11) is 0. The number of rotatable bonds is 4. The molecule has 0 aliphatic rings. The first-order chi connectivity index (χ1) is 8.56. The molecule has 1 aromatic carbocycles. The normalized spacial score (nSPS) is 12.7. The average molecular weight is 263 g/mol. The van der Waals surface area contributed by atoms with Gasteiger partial charge in [0.25, 0.3) is 0 Å². The highest BCUT2D eigenvalue weighted by atomic mass is 32.1. The second-order valence-electron chi connectivity index (χ2n) is 4.43. The summed E-state index contributed by atoms with van der Waals surface area (Å²) in [6, 6.07) is 7.80. The molecule has 1 atom stereocenters. The number of aromatic nitrogens is 2. The topological polar surface area (TPSA) is 61.0 Å². The molecule has 0 saturated carbocycles. The van der Waals surface area contributed by atoms with Gasteiger partial charge >= 0.3 is 0 Å². The van der Waals surface area contributed by atoms with Crippen molar-refractivity contribution in [2.24, 2.45) is 5.73 Å². The van der Waals surface area contributed by atoms with E-state index in [0.717, 1.165) is 21.3 Å².